The van der Waals surface area contributed by atoms with Crippen LogP contribution in [0.15, 0.2) is 66.0 Å². The summed E-state index contributed by atoms with van der Waals surface area (Å²) in [6, 6.07) is 19.8. The van der Waals surface area contributed by atoms with Crippen LogP contribution in [0.2, 0.25) is 0 Å². The van der Waals surface area contributed by atoms with Gasteiger partial charge in [-0.3, -0.25) is 9.59 Å². The Hall–Kier alpha value is -2.96. The highest BCUT2D eigenvalue weighted by atomic mass is 32.1. The van der Waals surface area contributed by atoms with Gasteiger partial charge in [0.2, 0.25) is 5.91 Å². The van der Waals surface area contributed by atoms with E-state index in [-0.39, 0.29) is 11.8 Å². The molecule has 2 N–H and O–H groups in total. The first-order valence-electron chi connectivity index (χ1n) is 10.3. The third-order valence-corrected chi connectivity index (χ3v) is 6.87. The van der Waals surface area contributed by atoms with Crippen LogP contribution in [-0.4, -0.2) is 36.9 Å². The maximum absolute atomic E-state index is 13.0. The Labute approximate surface area is 186 Å². The van der Waals surface area contributed by atoms with Crippen LogP contribution in [-0.2, 0) is 22.6 Å². The molecular weight excluding hydrogens is 408 g/mol. The molecule has 160 valence electrons. The van der Waals surface area contributed by atoms with Crippen molar-refractivity contribution in [1.82, 2.24) is 4.90 Å². The van der Waals surface area contributed by atoms with Gasteiger partial charge in [0.15, 0.2) is 0 Å². The van der Waals surface area contributed by atoms with Gasteiger partial charge in [0, 0.05) is 30.6 Å². The second kappa shape index (κ2) is 9.04. The van der Waals surface area contributed by atoms with Crippen LogP contribution < -0.4 is 5.73 Å². The zero-order valence-corrected chi connectivity index (χ0v) is 18.4. The summed E-state index contributed by atoms with van der Waals surface area (Å²) in [5.41, 5.74) is 8.94. The van der Waals surface area contributed by atoms with Gasteiger partial charge in [-0.05, 0) is 53.1 Å². The highest BCUT2D eigenvalue weighted by molar-refractivity contribution is 7.13. The third kappa shape index (κ3) is 4.55. The molecule has 0 aliphatic carbocycles. The Morgan fingerprint density at radius 1 is 1.10 bits per heavy atom. The number of ether oxygens (including phenoxy) is 1. The summed E-state index contributed by atoms with van der Waals surface area (Å²) < 4.78 is 5.12. The number of hydrogen-bond acceptors (Lipinski definition) is 4. The molecule has 4 rings (SSSR count). The number of primary amides is 1. The predicted molar refractivity (Wildman–Crippen MR) is 123 cm³/mol. The first kappa shape index (κ1) is 21.3. The van der Waals surface area contributed by atoms with Crippen LogP contribution in [0.3, 0.4) is 0 Å². The van der Waals surface area contributed by atoms with Crippen molar-refractivity contribution in [1.29, 1.82) is 0 Å². The Bertz CT molecular complexity index is 1060. The molecule has 1 saturated heterocycles. The molecule has 1 aromatic heterocycles. The minimum Gasteiger partial charge on any atom is -0.380 e. The lowest BCUT2D eigenvalue weighted by Gasteiger charge is -2.26. The number of thiophene rings is 1. The summed E-state index contributed by atoms with van der Waals surface area (Å²) in [4.78, 5) is 28.5. The number of hydrogen-bond donors (Lipinski definition) is 1. The van der Waals surface area contributed by atoms with Crippen LogP contribution in [0.5, 0.6) is 0 Å². The molecule has 1 atom stereocenters. The number of amides is 2. The minimum atomic E-state index is -0.750. The average Bonchev–Trinajstić information content (AvgIpc) is 3.46. The molecule has 1 fully saturated rings. The largest absolute Gasteiger partial charge is 0.380 e. The number of likely N-dealkylation sites (tertiary alicyclic amines) is 1. The maximum atomic E-state index is 13.0. The maximum Gasteiger partial charge on any atom is 0.253 e. The standard InChI is InChI=1S/C25H26N2O3S/c1-30-16-18-7-9-20(10-8-18)23(28)27-12-11-25(17-27,24(26)29)15-19-4-2-5-21(14-19)22-6-3-13-31-22/h2-10,13-14H,11-12,15-17H2,1H3,(H2,26,29)/t25-/m0/s1. The number of rotatable bonds is 7. The van der Waals surface area contributed by atoms with Gasteiger partial charge < -0.3 is 15.4 Å². The average molecular weight is 435 g/mol. The van der Waals surface area contributed by atoms with E-state index in [2.05, 4.69) is 23.6 Å². The van der Waals surface area contributed by atoms with E-state index in [4.69, 9.17) is 10.5 Å². The summed E-state index contributed by atoms with van der Waals surface area (Å²) in [5, 5.41) is 2.05. The van der Waals surface area contributed by atoms with Crippen molar-refractivity contribution in [2.75, 3.05) is 20.2 Å². The van der Waals surface area contributed by atoms with E-state index < -0.39 is 5.41 Å². The van der Waals surface area contributed by atoms with Crippen molar-refractivity contribution in [3.05, 3.63) is 82.7 Å². The molecule has 0 spiro atoms. The number of nitrogens with zero attached hydrogens (tertiary/aromatic N) is 1. The predicted octanol–water partition coefficient (Wildman–Crippen LogP) is 4.12. The molecule has 1 aliphatic heterocycles. The summed E-state index contributed by atoms with van der Waals surface area (Å²) >= 11 is 1.69. The van der Waals surface area contributed by atoms with E-state index in [0.29, 0.717) is 38.1 Å². The molecule has 0 radical (unpaired) electrons. The summed E-state index contributed by atoms with van der Waals surface area (Å²) in [6.45, 7) is 1.37. The van der Waals surface area contributed by atoms with Gasteiger partial charge >= 0.3 is 0 Å². The van der Waals surface area contributed by atoms with Crippen molar-refractivity contribution in [3.63, 3.8) is 0 Å². The summed E-state index contributed by atoms with van der Waals surface area (Å²) in [6.07, 6.45) is 1.09. The number of benzene rings is 2. The second-order valence-electron chi connectivity index (χ2n) is 8.11. The molecule has 5 nitrogen and oxygen atoms in total. The first-order chi connectivity index (χ1) is 15.0. The lowest BCUT2D eigenvalue weighted by Crippen LogP contribution is -2.42. The highest BCUT2D eigenvalue weighted by Crippen LogP contribution is 2.36. The van der Waals surface area contributed by atoms with E-state index in [9.17, 15) is 9.59 Å². The van der Waals surface area contributed by atoms with Crippen molar-refractivity contribution >= 4 is 23.2 Å². The first-order valence-corrected chi connectivity index (χ1v) is 11.2. The molecule has 1 aliphatic rings. The Balaban J connectivity index is 1.51. The van der Waals surface area contributed by atoms with Crippen molar-refractivity contribution in [2.24, 2.45) is 11.1 Å². The Morgan fingerprint density at radius 2 is 1.90 bits per heavy atom. The van der Waals surface area contributed by atoms with Crippen LogP contribution in [0, 0.1) is 5.41 Å². The Morgan fingerprint density at radius 3 is 2.58 bits per heavy atom. The molecule has 0 saturated carbocycles. The smallest absolute Gasteiger partial charge is 0.253 e. The fourth-order valence-electron chi connectivity index (χ4n) is 4.24. The molecule has 0 unspecified atom stereocenters. The van der Waals surface area contributed by atoms with Gasteiger partial charge in [0.1, 0.15) is 0 Å². The van der Waals surface area contributed by atoms with Crippen molar-refractivity contribution in [2.45, 2.75) is 19.4 Å². The van der Waals surface area contributed by atoms with Gasteiger partial charge in [-0.1, -0.05) is 42.5 Å². The number of methoxy groups -OCH3 is 1. The topological polar surface area (TPSA) is 72.6 Å². The van der Waals surface area contributed by atoms with Gasteiger partial charge in [-0.25, -0.2) is 0 Å². The van der Waals surface area contributed by atoms with Gasteiger partial charge in [0.25, 0.3) is 5.91 Å². The van der Waals surface area contributed by atoms with Gasteiger partial charge in [-0.15, -0.1) is 11.3 Å². The highest BCUT2D eigenvalue weighted by Gasteiger charge is 2.44. The van der Waals surface area contributed by atoms with Gasteiger partial charge in [0.05, 0.1) is 12.0 Å². The molecule has 0 bridgehead atoms. The van der Waals surface area contributed by atoms with Crippen molar-refractivity contribution in [3.8, 4) is 10.4 Å². The summed E-state index contributed by atoms with van der Waals surface area (Å²) in [5.74, 6) is -0.417. The molecular formula is C25H26N2O3S. The fraction of sp³-hybridized carbons (Fsp3) is 0.280. The van der Waals surface area contributed by atoms with E-state index in [0.717, 1.165) is 16.7 Å². The van der Waals surface area contributed by atoms with Crippen LogP contribution in [0.25, 0.3) is 10.4 Å². The molecule has 2 amide bonds. The van der Waals surface area contributed by atoms with E-state index in [1.54, 1.807) is 23.3 Å². The number of nitrogens with two attached hydrogens (primary N) is 1. The number of carbonyl (C=O) groups is 2. The Kier molecular flexibility index (Phi) is 6.20. The molecule has 31 heavy (non-hydrogen) atoms. The fourth-order valence-corrected chi connectivity index (χ4v) is 4.96. The molecule has 3 aromatic rings. The third-order valence-electron chi connectivity index (χ3n) is 5.95. The van der Waals surface area contributed by atoms with Crippen molar-refractivity contribution < 1.29 is 14.3 Å². The quantitative estimate of drug-likeness (QED) is 0.608. The van der Waals surface area contributed by atoms with Crippen LogP contribution in [0.1, 0.15) is 27.9 Å². The SMILES string of the molecule is COCc1ccc(C(=O)N2CC[C@@](Cc3cccc(-c4cccs4)c3)(C(N)=O)C2)cc1. The van der Waals surface area contributed by atoms with E-state index in [1.165, 1.54) is 4.88 Å². The lowest BCUT2D eigenvalue weighted by molar-refractivity contribution is -0.126. The molecule has 2 heterocycles. The normalized spacial score (nSPS) is 18.3. The van der Waals surface area contributed by atoms with Gasteiger partial charge in [-0.2, -0.15) is 0 Å². The zero-order chi connectivity index (χ0) is 21.8. The summed E-state index contributed by atoms with van der Waals surface area (Å²) in [7, 11) is 1.64. The molecule has 2 aromatic carbocycles. The monoisotopic (exact) mass is 434 g/mol. The van der Waals surface area contributed by atoms with E-state index >= 15 is 0 Å². The zero-order valence-electron chi connectivity index (χ0n) is 17.5. The number of carbonyl (C=O) groups excluding carboxylic acids is 2. The van der Waals surface area contributed by atoms with Crippen LogP contribution in [0.4, 0.5) is 0 Å². The lowest BCUT2D eigenvalue weighted by atomic mass is 9.80. The second-order valence-corrected chi connectivity index (χ2v) is 9.05. The van der Waals surface area contributed by atoms with E-state index in [1.807, 2.05) is 42.5 Å². The minimum absolute atomic E-state index is 0.0700. The molecule has 6 heteroatoms. The van der Waals surface area contributed by atoms with Crippen LogP contribution >= 0.6 is 11.3 Å².